The molecule has 5 atom stereocenters. The number of rotatable bonds is 84. The van der Waals surface area contributed by atoms with Crippen LogP contribution >= 0.6 is 15.6 Å². The molecule has 0 radical (unpaired) electrons. The zero-order valence-corrected chi connectivity index (χ0v) is 71.3. The number of ether oxygens (including phenoxy) is 3. The van der Waals surface area contributed by atoms with Gasteiger partial charge in [-0.2, -0.15) is 0 Å². The quantitative estimate of drug-likeness (QED) is 0.0146. The van der Waals surface area contributed by atoms with Gasteiger partial charge in [0.1, 0.15) is 25.4 Å². The fourth-order valence-corrected chi connectivity index (χ4v) is 13.9. The molecule has 0 fully saturated rings. The molecular formula is C91H162O16P2. The van der Waals surface area contributed by atoms with E-state index < -0.39 is 91.5 Å². The first-order valence-electron chi connectivity index (χ1n) is 44.2. The van der Waals surface area contributed by atoms with Gasteiger partial charge >= 0.3 is 33.6 Å². The minimum Gasteiger partial charge on any atom is -0.463 e. The molecule has 0 amide bonds. The number of allylic oxidation sites excluding steroid dienone is 18. The topological polar surface area (TPSA) is 231 Å². The molecule has 0 saturated heterocycles. The molecule has 0 aliphatic carbocycles. The summed E-state index contributed by atoms with van der Waals surface area (Å²) in [5.41, 5.74) is 0. The van der Waals surface area contributed by atoms with E-state index in [1.165, 1.54) is 205 Å². The number of aliphatic hydroxyl groups excluding tert-OH is 2. The summed E-state index contributed by atoms with van der Waals surface area (Å²) in [7, 11) is -9.79. The summed E-state index contributed by atoms with van der Waals surface area (Å²) < 4.78 is 61.4. The summed E-state index contributed by atoms with van der Waals surface area (Å²) in [4.78, 5) is 58.8. The van der Waals surface area contributed by atoms with Crippen LogP contribution in [0.4, 0.5) is 0 Å². The van der Waals surface area contributed by atoms with Crippen LogP contribution in [0.25, 0.3) is 0 Å². The van der Waals surface area contributed by atoms with Crippen LogP contribution in [0.15, 0.2) is 109 Å². The standard InChI is InChI=1S/C91H162O16P2/c1-4-7-10-13-16-19-22-25-28-30-32-34-36-38-40-42-44-46-48-50-52-54-57-59-62-65-68-71-74-77-89(94)101-80-86(92)81-103-108(97,98)104-82-87(93)83-105-109(99,100)106-85-88(107-91(96)79-76-73-70-67-64-61-56-27-24-21-18-15-12-9-6-3)84-102-90(95)78-75-72-69-66-63-60-58-55-53-51-49-47-45-43-41-39-37-35-33-31-29-26-23-20-17-14-11-8-5-2/h7,10,16-17,19-20,25-26,28-29,32-35,38-41,86-88,92-93H,4-6,8-9,11-15,18,21-24,27,30-31,36-37,42-85H2,1-3H3,(H,97,98)(H,99,100)/b10-7-,19-16-,20-17-,28-25-,29-26-,34-32-,35-33-,40-38-,41-39-. The van der Waals surface area contributed by atoms with Crippen molar-refractivity contribution in [2.45, 2.75) is 411 Å². The van der Waals surface area contributed by atoms with Crippen molar-refractivity contribution in [3.05, 3.63) is 109 Å². The Bertz CT molecular complexity index is 2420. The number of phosphoric ester groups is 2. The lowest BCUT2D eigenvalue weighted by molar-refractivity contribution is -0.161. The number of carbonyl (C=O) groups excluding carboxylic acids is 3. The molecular weight excluding hydrogens is 1410 g/mol. The number of unbranched alkanes of at least 4 members (excludes halogenated alkanes) is 43. The Morgan fingerprint density at radius 1 is 0.266 bits per heavy atom. The van der Waals surface area contributed by atoms with E-state index in [0.717, 1.165) is 128 Å². The highest BCUT2D eigenvalue weighted by atomic mass is 31.2. The molecule has 0 aromatic heterocycles. The van der Waals surface area contributed by atoms with Gasteiger partial charge in [0.25, 0.3) is 0 Å². The first kappa shape index (κ1) is 105. The molecule has 0 spiro atoms. The van der Waals surface area contributed by atoms with Gasteiger partial charge in [0.05, 0.1) is 26.4 Å². The highest BCUT2D eigenvalue weighted by molar-refractivity contribution is 7.47. The maximum atomic E-state index is 13.0. The molecule has 4 N–H and O–H groups in total. The Labute approximate surface area is 666 Å². The Kier molecular flexibility index (Phi) is 80.7. The van der Waals surface area contributed by atoms with Crippen molar-refractivity contribution >= 4 is 33.6 Å². The predicted octanol–water partition coefficient (Wildman–Crippen LogP) is 26.7. The van der Waals surface area contributed by atoms with Crippen LogP contribution in [-0.4, -0.2) is 95.9 Å². The van der Waals surface area contributed by atoms with Crippen molar-refractivity contribution in [1.29, 1.82) is 0 Å². The zero-order chi connectivity index (χ0) is 79.4. The van der Waals surface area contributed by atoms with Crippen molar-refractivity contribution in [2.24, 2.45) is 0 Å². The van der Waals surface area contributed by atoms with Gasteiger partial charge in [-0.05, 0) is 109 Å². The third kappa shape index (κ3) is 84.9. The lowest BCUT2D eigenvalue weighted by atomic mass is 10.0. The molecule has 0 aromatic carbocycles. The van der Waals surface area contributed by atoms with Gasteiger partial charge in [0.2, 0.25) is 0 Å². The lowest BCUT2D eigenvalue weighted by Crippen LogP contribution is -2.30. The first-order chi connectivity index (χ1) is 53.2. The predicted molar refractivity (Wildman–Crippen MR) is 454 cm³/mol. The number of carbonyl (C=O) groups is 3. The summed E-state index contributed by atoms with van der Waals surface area (Å²) in [5, 5.41) is 20.7. The van der Waals surface area contributed by atoms with E-state index in [9.17, 15) is 43.5 Å². The number of hydrogen-bond donors (Lipinski definition) is 4. The van der Waals surface area contributed by atoms with Gasteiger partial charge in [0, 0.05) is 19.3 Å². The number of esters is 3. The Balaban J connectivity index is 4.49. The van der Waals surface area contributed by atoms with E-state index in [1.807, 2.05) is 0 Å². The van der Waals surface area contributed by atoms with Crippen LogP contribution in [0, 0.1) is 0 Å². The van der Waals surface area contributed by atoms with Gasteiger partial charge in [-0.25, -0.2) is 9.13 Å². The van der Waals surface area contributed by atoms with Crippen molar-refractivity contribution in [2.75, 3.05) is 39.6 Å². The van der Waals surface area contributed by atoms with E-state index in [4.69, 9.17) is 32.3 Å². The molecule has 109 heavy (non-hydrogen) atoms. The van der Waals surface area contributed by atoms with Crippen molar-refractivity contribution in [3.63, 3.8) is 0 Å². The van der Waals surface area contributed by atoms with Crippen LogP contribution in [-0.2, 0) is 55.8 Å². The lowest BCUT2D eigenvalue weighted by Gasteiger charge is -2.21. The van der Waals surface area contributed by atoms with Gasteiger partial charge in [-0.15, -0.1) is 0 Å². The Hall–Kier alpha value is -3.79. The third-order valence-corrected chi connectivity index (χ3v) is 20.9. The SMILES string of the molecule is CC/C=C\C/C=C\C/C=C\C/C=C\C/C=C\CCCCCCCCCCCCCCCC(=O)OCC(O)COP(=O)(O)OCC(O)COP(=O)(O)OCC(COC(=O)CCCCCCCCCCCCCCC/C=C\C/C=C\C/C=C\C/C=C\CCCCC)OC(=O)CCCCCCCCCCCCCCCCC. The maximum absolute atomic E-state index is 13.0. The molecule has 16 nitrogen and oxygen atoms in total. The smallest absolute Gasteiger partial charge is 0.463 e. The Morgan fingerprint density at radius 2 is 0.486 bits per heavy atom. The number of hydrogen-bond acceptors (Lipinski definition) is 14. The molecule has 632 valence electrons. The zero-order valence-electron chi connectivity index (χ0n) is 69.5. The van der Waals surface area contributed by atoms with Crippen LogP contribution < -0.4 is 0 Å². The molecule has 0 bridgehead atoms. The van der Waals surface area contributed by atoms with E-state index in [1.54, 1.807) is 0 Å². The summed E-state index contributed by atoms with van der Waals surface area (Å²) in [6, 6.07) is 0. The van der Waals surface area contributed by atoms with Crippen molar-refractivity contribution < 1.29 is 75.8 Å². The van der Waals surface area contributed by atoms with E-state index in [-0.39, 0.29) is 19.3 Å². The number of phosphoric acid groups is 2. The second-order valence-electron chi connectivity index (χ2n) is 29.7. The molecule has 0 aromatic rings. The molecule has 0 aliphatic rings. The molecule has 5 unspecified atom stereocenters. The van der Waals surface area contributed by atoms with Crippen LogP contribution in [0.3, 0.4) is 0 Å². The van der Waals surface area contributed by atoms with Crippen molar-refractivity contribution in [1.82, 2.24) is 0 Å². The highest BCUT2D eigenvalue weighted by Gasteiger charge is 2.29. The first-order valence-corrected chi connectivity index (χ1v) is 47.2. The Morgan fingerprint density at radius 3 is 0.789 bits per heavy atom. The fraction of sp³-hybridized carbons (Fsp3) is 0.769. The summed E-state index contributed by atoms with van der Waals surface area (Å²) in [6.45, 7) is 2.61. The van der Waals surface area contributed by atoms with Crippen LogP contribution in [0.5, 0.6) is 0 Å². The van der Waals surface area contributed by atoms with Gasteiger partial charge in [-0.1, -0.05) is 374 Å². The van der Waals surface area contributed by atoms with Crippen LogP contribution in [0.1, 0.15) is 393 Å². The largest absolute Gasteiger partial charge is 0.472 e. The van der Waals surface area contributed by atoms with Crippen LogP contribution in [0.2, 0.25) is 0 Å². The average Bonchev–Trinajstić information content (AvgIpc) is 0.903. The molecule has 0 aliphatic heterocycles. The van der Waals surface area contributed by atoms with E-state index in [2.05, 4.69) is 130 Å². The molecule has 18 heteroatoms. The normalized spacial score (nSPS) is 14.4. The van der Waals surface area contributed by atoms with Gasteiger partial charge in [0.15, 0.2) is 6.10 Å². The van der Waals surface area contributed by atoms with Gasteiger partial charge in [-0.3, -0.25) is 32.5 Å². The molecule has 0 saturated carbocycles. The van der Waals surface area contributed by atoms with Gasteiger partial charge < -0.3 is 34.2 Å². The molecule has 0 heterocycles. The second-order valence-corrected chi connectivity index (χ2v) is 32.6. The van der Waals surface area contributed by atoms with Crippen molar-refractivity contribution in [3.8, 4) is 0 Å². The van der Waals surface area contributed by atoms with E-state index >= 15 is 0 Å². The summed E-state index contributed by atoms with van der Waals surface area (Å²) >= 11 is 0. The summed E-state index contributed by atoms with van der Waals surface area (Å²) in [5.74, 6) is -1.55. The minimum atomic E-state index is -4.93. The fourth-order valence-electron chi connectivity index (χ4n) is 12.3. The maximum Gasteiger partial charge on any atom is 0.472 e. The monoisotopic (exact) mass is 1570 g/mol. The minimum absolute atomic E-state index is 0.109. The van der Waals surface area contributed by atoms with E-state index in [0.29, 0.717) is 19.3 Å². The summed E-state index contributed by atoms with van der Waals surface area (Å²) in [6.07, 6.45) is 99.9. The highest BCUT2D eigenvalue weighted by Crippen LogP contribution is 2.45. The third-order valence-electron chi connectivity index (χ3n) is 19.0. The number of aliphatic hydroxyl groups is 2. The second kappa shape index (κ2) is 83.6. The average molecular weight is 1570 g/mol. The molecule has 0 rings (SSSR count).